The molecular weight excluding hydrogens is 705 g/mol. The fourth-order valence-electron chi connectivity index (χ4n) is 9.17. The highest BCUT2D eigenvalue weighted by molar-refractivity contribution is 7.89. The molecule has 0 aromatic heterocycles. The van der Waals surface area contributed by atoms with Crippen LogP contribution in [0.2, 0.25) is 0 Å². The maximum absolute atomic E-state index is 6.03. The van der Waals surface area contributed by atoms with E-state index in [4.69, 9.17) is 5.69 Å². The zero-order valence-electron chi connectivity index (χ0n) is 39.2. The second-order valence-electron chi connectivity index (χ2n) is 17.8. The quantitative estimate of drug-likeness (QED) is 0.114. The van der Waals surface area contributed by atoms with E-state index >= 15 is 0 Å². The number of fused-ring (bicyclic) bond motifs is 6. The van der Waals surface area contributed by atoms with Gasteiger partial charge in [-0.15, -0.1) is 16.9 Å². The van der Waals surface area contributed by atoms with Gasteiger partial charge in [0.15, 0.2) is 0 Å². The first-order valence-electron chi connectivity index (χ1n) is 23.0. The zero-order valence-corrected chi connectivity index (χ0v) is 40.0. The Bertz CT molecular complexity index is 1640. The van der Waals surface area contributed by atoms with E-state index in [0.717, 1.165) is 69.1 Å². The van der Waals surface area contributed by atoms with Crippen LogP contribution in [0.4, 0.5) is 0 Å². The van der Waals surface area contributed by atoms with E-state index < -0.39 is 0 Å². The van der Waals surface area contributed by atoms with E-state index in [9.17, 15) is 0 Å². The van der Waals surface area contributed by atoms with Gasteiger partial charge in [0.2, 0.25) is 0 Å². The molecule has 0 amide bonds. The molecule has 0 spiro atoms. The number of hydrogen-bond donors (Lipinski definition) is 0. The van der Waals surface area contributed by atoms with E-state index in [2.05, 4.69) is 143 Å². The first-order chi connectivity index (χ1) is 27.3. The smallest absolute Gasteiger partial charge is 0.0529 e. The number of hydrogen-bond acceptors (Lipinski definition) is 0. The minimum Gasteiger partial charge on any atom is -0.130 e. The van der Waals surface area contributed by atoms with Crippen LogP contribution in [0.1, 0.15) is 186 Å². The lowest BCUT2D eigenvalue weighted by atomic mass is 9.57. The normalized spacial score (nSPS) is 24.0. The summed E-state index contributed by atoms with van der Waals surface area (Å²) < 4.78 is 0. The van der Waals surface area contributed by atoms with Crippen LogP contribution in [0.5, 0.6) is 0 Å². The highest BCUT2D eigenvalue weighted by Crippen LogP contribution is 2.65. The molecule has 4 aliphatic rings. The SMILES string of the molecule is C#SC(C/C=C(\C)CC/C=C(\C)CC/C=C(\C)CC/C=C(\C)CCC=C(C)C)/C(C)=C/CC/C(C)=C/CC.C=C1C2=CCCC=C2CC2C3C=CC(C3)C12C.CC. The van der Waals surface area contributed by atoms with Gasteiger partial charge in [-0.05, 0) is 193 Å². The number of allylic oxidation sites excluding steroid dienone is 20. The molecule has 0 aliphatic heterocycles. The van der Waals surface area contributed by atoms with Crippen molar-refractivity contribution in [2.24, 2.45) is 23.2 Å². The molecule has 2 saturated carbocycles. The predicted molar refractivity (Wildman–Crippen MR) is 262 cm³/mol. The Hall–Kier alpha value is -2.86. The van der Waals surface area contributed by atoms with Crippen molar-refractivity contribution in [1.29, 1.82) is 0 Å². The molecule has 0 aromatic carbocycles. The van der Waals surface area contributed by atoms with Gasteiger partial charge < -0.3 is 0 Å². The molecule has 0 aromatic rings. The fraction of sp³-hybridized carbons (Fsp3) is 0.589. The molecule has 316 valence electrons. The van der Waals surface area contributed by atoms with E-state index in [1.165, 1.54) is 113 Å². The maximum atomic E-state index is 6.03. The zero-order chi connectivity index (χ0) is 42.4. The molecular formula is C56H86S. The van der Waals surface area contributed by atoms with Gasteiger partial charge in [-0.3, -0.25) is 0 Å². The lowest BCUT2D eigenvalue weighted by Gasteiger charge is -2.47. The van der Waals surface area contributed by atoms with Crippen LogP contribution in [0.3, 0.4) is 0 Å². The van der Waals surface area contributed by atoms with E-state index in [0.29, 0.717) is 10.7 Å². The first-order valence-corrected chi connectivity index (χ1v) is 24.0. The van der Waals surface area contributed by atoms with Gasteiger partial charge in [-0.2, -0.15) is 0 Å². The Labute approximate surface area is 358 Å². The van der Waals surface area contributed by atoms with Crippen molar-refractivity contribution in [2.75, 3.05) is 0 Å². The highest BCUT2D eigenvalue weighted by Gasteiger charge is 2.57. The summed E-state index contributed by atoms with van der Waals surface area (Å²) in [7, 11) is 0. The minimum absolute atomic E-state index is 0.361. The standard InChI is InChI=1S/C37H60S.C17H20.C2H6/c1-11-17-31(4)26-16-27-36(9)37(38-10)29-28-35(8)25-15-24-34(7)23-14-22-33(6)21-13-20-32(5)19-12-18-30(2)3;1-11-15-6-4-3-5-12(15)10-16-13-7-8-14(9-13)17(11,16)2;1-2/h10,17-18,20,22,24,27-28,37H,11-16,19,21,23,25-26,29H2,1-9H3;5-8,13-14,16H,1,3-4,9-10H2,2H3;1-2H3/b31-17+,32-20+,33-22+,34-24+,35-28+,36-27+;;. The van der Waals surface area contributed by atoms with Crippen molar-refractivity contribution in [3.63, 3.8) is 0 Å². The van der Waals surface area contributed by atoms with Gasteiger partial charge in [0.25, 0.3) is 0 Å². The average molecular weight is 791 g/mol. The molecule has 0 radical (unpaired) electrons. The molecule has 1 heteroatoms. The molecule has 2 fully saturated rings. The summed E-state index contributed by atoms with van der Waals surface area (Å²) in [5.41, 5.74) is 21.3. The average Bonchev–Trinajstić information content (AvgIpc) is 3.78. The second kappa shape index (κ2) is 27.0. The molecule has 4 rings (SSSR count). The lowest BCUT2D eigenvalue weighted by Crippen LogP contribution is -2.38. The van der Waals surface area contributed by atoms with E-state index in [1.54, 1.807) is 5.57 Å². The van der Waals surface area contributed by atoms with Crippen LogP contribution in [0.25, 0.3) is 0 Å². The highest BCUT2D eigenvalue weighted by atomic mass is 32.1. The third-order valence-electron chi connectivity index (χ3n) is 12.9. The van der Waals surface area contributed by atoms with Gasteiger partial charge in [0.05, 0.1) is 5.25 Å². The number of rotatable bonds is 19. The summed E-state index contributed by atoms with van der Waals surface area (Å²) in [4.78, 5) is 0. The Kier molecular flexibility index (Phi) is 23.8. The third-order valence-corrected chi connectivity index (χ3v) is 13.8. The maximum Gasteiger partial charge on any atom is 0.0529 e. The molecule has 4 aliphatic carbocycles. The van der Waals surface area contributed by atoms with Gasteiger partial charge in [0, 0.05) is 5.41 Å². The molecule has 57 heavy (non-hydrogen) atoms. The molecule has 0 N–H and O–H groups in total. The summed E-state index contributed by atoms with van der Waals surface area (Å²) in [5.74, 6) is 2.41. The Morgan fingerprint density at radius 2 is 1.21 bits per heavy atom. The summed E-state index contributed by atoms with van der Waals surface area (Å²) in [5, 5.41) is 0.384. The van der Waals surface area contributed by atoms with Crippen molar-refractivity contribution in [1.82, 2.24) is 0 Å². The first kappa shape index (κ1) is 50.3. The van der Waals surface area contributed by atoms with Crippen LogP contribution in [0, 0.1) is 28.9 Å². The van der Waals surface area contributed by atoms with Gasteiger partial charge >= 0.3 is 0 Å². The van der Waals surface area contributed by atoms with Crippen molar-refractivity contribution in [3.05, 3.63) is 129 Å². The predicted octanol–water partition coefficient (Wildman–Crippen LogP) is 18.5. The Morgan fingerprint density at radius 1 is 0.719 bits per heavy atom. The molecule has 5 unspecified atom stereocenters. The van der Waals surface area contributed by atoms with Gasteiger partial charge in [-0.1, -0.05) is 140 Å². The Balaban J connectivity index is 0.000000477. The van der Waals surface area contributed by atoms with Crippen LogP contribution in [-0.4, -0.2) is 5.25 Å². The van der Waals surface area contributed by atoms with Crippen molar-refractivity contribution in [3.8, 4) is 5.69 Å². The molecule has 2 bridgehead atoms. The van der Waals surface area contributed by atoms with Gasteiger partial charge in [-0.25, -0.2) is 0 Å². The van der Waals surface area contributed by atoms with Crippen LogP contribution in [-0.2, 0) is 0 Å². The van der Waals surface area contributed by atoms with Crippen molar-refractivity contribution >= 4 is 11.2 Å². The summed E-state index contributed by atoms with van der Waals surface area (Å²) in [6, 6.07) is 0. The second-order valence-corrected chi connectivity index (χ2v) is 18.7. The minimum atomic E-state index is 0.361. The van der Waals surface area contributed by atoms with Crippen LogP contribution < -0.4 is 0 Å². The van der Waals surface area contributed by atoms with Crippen molar-refractivity contribution in [2.45, 2.75) is 191 Å². The lowest BCUT2D eigenvalue weighted by molar-refractivity contribution is 0.205. The Morgan fingerprint density at radius 3 is 1.74 bits per heavy atom. The van der Waals surface area contributed by atoms with Gasteiger partial charge in [0.1, 0.15) is 0 Å². The third kappa shape index (κ3) is 16.7. The monoisotopic (exact) mass is 791 g/mol. The van der Waals surface area contributed by atoms with E-state index in [-0.39, 0.29) is 0 Å². The van der Waals surface area contributed by atoms with Crippen LogP contribution in [0.15, 0.2) is 129 Å². The summed E-state index contributed by atoms with van der Waals surface area (Å²) in [6.07, 6.45) is 45.4. The largest absolute Gasteiger partial charge is 0.130 e. The molecule has 0 nitrogen and oxygen atoms in total. The fourth-order valence-corrected chi connectivity index (χ4v) is 9.68. The van der Waals surface area contributed by atoms with Crippen LogP contribution >= 0.6 is 11.2 Å². The van der Waals surface area contributed by atoms with E-state index in [1.807, 2.05) is 13.8 Å². The molecule has 0 heterocycles. The topological polar surface area (TPSA) is 0 Å². The summed E-state index contributed by atoms with van der Waals surface area (Å²) in [6.45, 7) is 31.1. The molecule has 5 atom stereocenters. The molecule has 0 saturated heterocycles. The summed E-state index contributed by atoms with van der Waals surface area (Å²) >= 11 is 1.49. The van der Waals surface area contributed by atoms with Crippen molar-refractivity contribution < 1.29 is 0 Å².